The number of nitrogens with one attached hydrogen (secondary N) is 1. The lowest BCUT2D eigenvalue weighted by Gasteiger charge is -2.26. The van der Waals surface area contributed by atoms with E-state index in [2.05, 4.69) is 4.98 Å². The van der Waals surface area contributed by atoms with Crippen LogP contribution in [0.5, 0.6) is 0 Å². The Kier molecular flexibility index (Phi) is 4.51. The molecule has 1 aliphatic heterocycles. The number of hydrogen-bond donors (Lipinski definition) is 2. The summed E-state index contributed by atoms with van der Waals surface area (Å²) in [5.74, 6) is -1.08. The second-order valence-corrected chi connectivity index (χ2v) is 7.49. The molecule has 1 amide bonds. The Bertz CT molecular complexity index is 1080. The number of anilines is 1. The SMILES string of the molecule is CC(C)CC(=O)C1=C(O)C(=O)N(c2ccccc2)C1c1c[nH]c2ccccc12. The first-order chi connectivity index (χ1) is 13.5. The fourth-order valence-electron chi connectivity index (χ4n) is 3.84. The van der Waals surface area contributed by atoms with Crippen LogP contribution in [0.4, 0.5) is 5.69 Å². The van der Waals surface area contributed by atoms with Crippen molar-refractivity contribution >= 4 is 28.3 Å². The van der Waals surface area contributed by atoms with Crippen LogP contribution in [0.2, 0.25) is 0 Å². The molecule has 1 unspecified atom stereocenters. The van der Waals surface area contributed by atoms with E-state index in [1.807, 2.05) is 74.6 Å². The number of nitrogens with zero attached hydrogens (tertiary/aromatic N) is 1. The predicted molar refractivity (Wildman–Crippen MR) is 109 cm³/mol. The van der Waals surface area contributed by atoms with Gasteiger partial charge in [0.15, 0.2) is 11.5 Å². The van der Waals surface area contributed by atoms with Gasteiger partial charge in [0, 0.05) is 34.8 Å². The third kappa shape index (κ3) is 2.89. The highest BCUT2D eigenvalue weighted by atomic mass is 16.3. The summed E-state index contributed by atoms with van der Waals surface area (Å²) in [5.41, 5.74) is 2.53. The van der Waals surface area contributed by atoms with Crippen molar-refractivity contribution in [2.75, 3.05) is 4.90 Å². The Morgan fingerprint density at radius 2 is 1.79 bits per heavy atom. The molecule has 0 saturated carbocycles. The number of rotatable bonds is 5. The van der Waals surface area contributed by atoms with Crippen molar-refractivity contribution in [3.05, 3.63) is 77.7 Å². The number of aromatic amines is 1. The van der Waals surface area contributed by atoms with Crippen molar-refractivity contribution in [3.63, 3.8) is 0 Å². The van der Waals surface area contributed by atoms with Crippen molar-refractivity contribution in [3.8, 4) is 0 Å². The molecular weight excluding hydrogens is 352 g/mol. The number of amides is 1. The number of ketones is 1. The van der Waals surface area contributed by atoms with Crippen molar-refractivity contribution in [1.82, 2.24) is 4.98 Å². The number of para-hydroxylation sites is 2. The monoisotopic (exact) mass is 374 g/mol. The summed E-state index contributed by atoms with van der Waals surface area (Å²) in [4.78, 5) is 30.8. The molecule has 5 nitrogen and oxygen atoms in total. The lowest BCUT2D eigenvalue weighted by molar-refractivity contribution is -0.118. The van der Waals surface area contributed by atoms with E-state index in [9.17, 15) is 14.7 Å². The van der Waals surface area contributed by atoms with Gasteiger partial charge in [-0.1, -0.05) is 50.2 Å². The normalized spacial score (nSPS) is 17.2. The van der Waals surface area contributed by atoms with E-state index in [0.717, 1.165) is 16.5 Å². The standard InChI is InChI=1S/C23H22N2O3/c1-14(2)12-19(26)20-21(17-13-24-18-11-7-6-10-16(17)18)25(23(28)22(20)27)15-8-4-3-5-9-15/h3-11,13-14,21,24,27H,12H2,1-2H3. The van der Waals surface area contributed by atoms with Crippen molar-refractivity contribution < 1.29 is 14.7 Å². The average molecular weight is 374 g/mol. The van der Waals surface area contributed by atoms with Crippen molar-refractivity contribution in [2.24, 2.45) is 5.92 Å². The fourth-order valence-corrected chi connectivity index (χ4v) is 3.84. The van der Waals surface area contributed by atoms with Gasteiger partial charge in [0.05, 0.1) is 11.6 Å². The summed E-state index contributed by atoms with van der Waals surface area (Å²) >= 11 is 0. The van der Waals surface area contributed by atoms with Gasteiger partial charge in [0.1, 0.15) is 0 Å². The Morgan fingerprint density at radius 1 is 1.11 bits per heavy atom. The van der Waals surface area contributed by atoms with Crippen molar-refractivity contribution in [2.45, 2.75) is 26.3 Å². The number of fused-ring (bicyclic) bond motifs is 1. The number of carbonyl (C=O) groups excluding carboxylic acids is 2. The third-order valence-electron chi connectivity index (χ3n) is 5.05. The molecule has 2 aromatic carbocycles. The minimum Gasteiger partial charge on any atom is -0.503 e. The van der Waals surface area contributed by atoms with Crippen LogP contribution < -0.4 is 4.90 Å². The minimum absolute atomic E-state index is 0.122. The molecule has 1 aliphatic rings. The molecule has 2 N–H and O–H groups in total. The van der Waals surface area contributed by atoms with Gasteiger partial charge in [-0.3, -0.25) is 14.5 Å². The molecule has 0 spiro atoms. The molecule has 0 aliphatic carbocycles. The maximum Gasteiger partial charge on any atom is 0.294 e. The zero-order valence-electron chi connectivity index (χ0n) is 15.8. The first kappa shape index (κ1) is 18.0. The lowest BCUT2D eigenvalue weighted by Crippen LogP contribution is -2.31. The second kappa shape index (κ2) is 7.00. The Morgan fingerprint density at radius 3 is 2.50 bits per heavy atom. The highest BCUT2D eigenvalue weighted by Crippen LogP contribution is 2.43. The summed E-state index contributed by atoms with van der Waals surface area (Å²) in [5, 5.41) is 11.6. The number of aliphatic hydroxyl groups excluding tert-OH is 1. The van der Waals surface area contributed by atoms with Crippen LogP contribution >= 0.6 is 0 Å². The highest BCUT2D eigenvalue weighted by molar-refractivity contribution is 6.17. The van der Waals surface area contributed by atoms with E-state index in [1.165, 1.54) is 4.90 Å². The summed E-state index contributed by atoms with van der Waals surface area (Å²) < 4.78 is 0. The molecular formula is C23H22N2O3. The van der Waals surface area contributed by atoms with Gasteiger partial charge >= 0.3 is 0 Å². The smallest absolute Gasteiger partial charge is 0.294 e. The molecule has 0 bridgehead atoms. The predicted octanol–water partition coefficient (Wildman–Crippen LogP) is 4.68. The van der Waals surface area contributed by atoms with Crippen LogP contribution in [-0.4, -0.2) is 21.8 Å². The van der Waals surface area contributed by atoms with Gasteiger partial charge in [0.25, 0.3) is 5.91 Å². The Balaban J connectivity index is 1.91. The zero-order valence-corrected chi connectivity index (χ0v) is 15.8. The first-order valence-electron chi connectivity index (χ1n) is 9.40. The molecule has 0 radical (unpaired) electrons. The maximum atomic E-state index is 13.0. The van der Waals surface area contributed by atoms with Gasteiger partial charge in [0.2, 0.25) is 0 Å². The summed E-state index contributed by atoms with van der Waals surface area (Å²) in [7, 11) is 0. The van der Waals surface area contributed by atoms with E-state index in [0.29, 0.717) is 5.69 Å². The number of hydrogen-bond acceptors (Lipinski definition) is 3. The molecule has 1 atom stereocenters. The van der Waals surface area contributed by atoms with Gasteiger partial charge in [-0.15, -0.1) is 0 Å². The first-order valence-corrected chi connectivity index (χ1v) is 9.40. The molecule has 1 aromatic heterocycles. The summed E-state index contributed by atoms with van der Waals surface area (Å²) in [6, 6.07) is 16.2. The Labute approximate surface area is 163 Å². The van der Waals surface area contributed by atoms with E-state index in [4.69, 9.17) is 0 Å². The molecule has 3 aromatic rings. The third-order valence-corrected chi connectivity index (χ3v) is 5.05. The zero-order chi connectivity index (χ0) is 19.8. The molecule has 5 heteroatoms. The number of aliphatic hydroxyl groups is 1. The largest absolute Gasteiger partial charge is 0.503 e. The van der Waals surface area contributed by atoms with Crippen LogP contribution in [0.15, 0.2) is 72.1 Å². The van der Waals surface area contributed by atoms with E-state index >= 15 is 0 Å². The molecule has 4 rings (SSSR count). The van der Waals surface area contributed by atoms with E-state index < -0.39 is 17.7 Å². The van der Waals surface area contributed by atoms with Crippen LogP contribution in [0.1, 0.15) is 31.9 Å². The average Bonchev–Trinajstić information content (AvgIpc) is 3.21. The number of carbonyl (C=O) groups is 2. The van der Waals surface area contributed by atoms with Crippen LogP contribution in [0.25, 0.3) is 10.9 Å². The topological polar surface area (TPSA) is 73.4 Å². The quantitative estimate of drug-likeness (QED) is 0.681. The van der Waals surface area contributed by atoms with E-state index in [-0.39, 0.29) is 23.7 Å². The van der Waals surface area contributed by atoms with Crippen LogP contribution in [0, 0.1) is 5.92 Å². The number of aromatic nitrogens is 1. The van der Waals surface area contributed by atoms with Gasteiger partial charge in [-0.25, -0.2) is 0 Å². The molecule has 0 fully saturated rings. The number of Topliss-reactive ketones (excluding diaryl/α,β-unsaturated/α-hetero) is 1. The Hall–Kier alpha value is -3.34. The van der Waals surface area contributed by atoms with Gasteiger partial charge in [-0.2, -0.15) is 0 Å². The molecule has 0 saturated heterocycles. The van der Waals surface area contributed by atoms with Crippen LogP contribution in [-0.2, 0) is 9.59 Å². The van der Waals surface area contributed by atoms with Crippen LogP contribution in [0.3, 0.4) is 0 Å². The lowest BCUT2D eigenvalue weighted by atomic mass is 9.92. The summed E-state index contributed by atoms with van der Waals surface area (Å²) in [6.45, 7) is 3.89. The number of H-pyrrole nitrogens is 1. The van der Waals surface area contributed by atoms with Gasteiger partial charge < -0.3 is 10.1 Å². The fraction of sp³-hybridized carbons (Fsp3) is 0.217. The minimum atomic E-state index is -0.669. The number of benzene rings is 2. The highest BCUT2D eigenvalue weighted by Gasteiger charge is 2.45. The molecule has 142 valence electrons. The molecule has 2 heterocycles. The summed E-state index contributed by atoms with van der Waals surface area (Å²) in [6.07, 6.45) is 2.09. The second-order valence-electron chi connectivity index (χ2n) is 7.49. The molecule has 28 heavy (non-hydrogen) atoms. The van der Waals surface area contributed by atoms with Crippen molar-refractivity contribution in [1.29, 1.82) is 0 Å². The van der Waals surface area contributed by atoms with E-state index in [1.54, 1.807) is 0 Å². The van der Waals surface area contributed by atoms with Gasteiger partial charge in [-0.05, 0) is 24.1 Å². The maximum absolute atomic E-state index is 13.0.